The predicted octanol–water partition coefficient (Wildman–Crippen LogP) is -1.46. The molecule has 0 saturated carbocycles. The highest BCUT2D eigenvalue weighted by molar-refractivity contribution is 7.80. The first-order valence-corrected chi connectivity index (χ1v) is 4.70. The molecular formula is C8H11N3O3S. The van der Waals surface area contributed by atoms with Crippen LogP contribution in [0.15, 0.2) is 0 Å². The van der Waals surface area contributed by atoms with E-state index in [0.29, 0.717) is 0 Å². The fourth-order valence-electron chi connectivity index (χ4n) is 1.27. The molecule has 0 radical (unpaired) electrons. The molecule has 3 N–H and O–H groups in total. The average molecular weight is 229 g/mol. The van der Waals surface area contributed by atoms with E-state index >= 15 is 0 Å². The minimum Gasteiger partial charge on any atom is -0.393 e. The van der Waals surface area contributed by atoms with Crippen LogP contribution in [0.2, 0.25) is 0 Å². The van der Waals surface area contributed by atoms with Crippen molar-refractivity contribution in [3.05, 3.63) is 0 Å². The van der Waals surface area contributed by atoms with Gasteiger partial charge in [-0.3, -0.25) is 19.3 Å². The van der Waals surface area contributed by atoms with E-state index in [0.717, 1.165) is 4.90 Å². The van der Waals surface area contributed by atoms with Gasteiger partial charge in [0.2, 0.25) is 11.8 Å². The van der Waals surface area contributed by atoms with Gasteiger partial charge in [-0.1, -0.05) is 12.2 Å². The van der Waals surface area contributed by atoms with E-state index in [4.69, 9.17) is 5.73 Å². The number of hydrogen-bond acceptors (Lipinski definition) is 4. The van der Waals surface area contributed by atoms with Crippen molar-refractivity contribution < 1.29 is 14.4 Å². The molecule has 0 aromatic rings. The van der Waals surface area contributed by atoms with Gasteiger partial charge in [-0.05, 0) is 0 Å². The van der Waals surface area contributed by atoms with E-state index in [1.165, 1.54) is 7.05 Å². The van der Waals surface area contributed by atoms with E-state index in [9.17, 15) is 14.4 Å². The van der Waals surface area contributed by atoms with E-state index in [2.05, 4.69) is 17.5 Å². The zero-order valence-electron chi connectivity index (χ0n) is 8.15. The Morgan fingerprint density at radius 1 is 1.67 bits per heavy atom. The molecule has 1 unspecified atom stereocenters. The zero-order chi connectivity index (χ0) is 11.6. The lowest BCUT2D eigenvalue weighted by atomic mass is 10.2. The van der Waals surface area contributed by atoms with Crippen LogP contribution >= 0.6 is 12.2 Å². The van der Waals surface area contributed by atoms with Crippen molar-refractivity contribution in [1.82, 2.24) is 10.2 Å². The fraction of sp³-hybridized carbons (Fsp3) is 0.500. The Labute approximate surface area is 91.8 Å². The molecular weight excluding hydrogens is 218 g/mol. The number of carbonyl (C=O) groups is 3. The first-order valence-electron chi connectivity index (χ1n) is 4.30. The molecule has 6 nitrogen and oxygen atoms in total. The molecule has 82 valence electrons. The molecule has 0 aromatic carbocycles. The van der Waals surface area contributed by atoms with Crippen molar-refractivity contribution in [1.29, 1.82) is 0 Å². The van der Waals surface area contributed by atoms with Gasteiger partial charge in [-0.2, -0.15) is 0 Å². The Morgan fingerprint density at radius 3 is 2.67 bits per heavy atom. The second-order valence-electron chi connectivity index (χ2n) is 3.26. The van der Waals surface area contributed by atoms with Crippen molar-refractivity contribution >= 4 is 34.9 Å². The van der Waals surface area contributed by atoms with E-state index in [1.807, 2.05) is 0 Å². The van der Waals surface area contributed by atoms with Gasteiger partial charge in [0.15, 0.2) is 0 Å². The lowest BCUT2D eigenvalue weighted by Crippen LogP contribution is -2.41. The smallest absolute Gasteiger partial charge is 0.252 e. The Hall–Kier alpha value is -1.50. The molecule has 1 fully saturated rings. The van der Waals surface area contributed by atoms with Crippen molar-refractivity contribution in [2.45, 2.75) is 18.9 Å². The maximum Gasteiger partial charge on any atom is 0.252 e. The summed E-state index contributed by atoms with van der Waals surface area (Å²) in [6, 6.07) is -0.774. The number of carbonyl (C=O) groups excluding carboxylic acids is 3. The van der Waals surface area contributed by atoms with Crippen LogP contribution in [0, 0.1) is 0 Å². The first-order chi connectivity index (χ1) is 6.91. The number of thiocarbonyl (C=S) groups is 1. The highest BCUT2D eigenvalue weighted by Crippen LogP contribution is 2.10. The summed E-state index contributed by atoms with van der Waals surface area (Å²) in [5.74, 6) is -1.15. The number of likely N-dealkylation sites (tertiary alicyclic amines) is 1. The number of imide groups is 1. The molecule has 1 saturated heterocycles. The molecule has 1 heterocycles. The topological polar surface area (TPSA) is 92.5 Å². The van der Waals surface area contributed by atoms with Crippen molar-refractivity contribution in [2.24, 2.45) is 5.73 Å². The molecule has 15 heavy (non-hydrogen) atoms. The van der Waals surface area contributed by atoms with Gasteiger partial charge in [-0.25, -0.2) is 0 Å². The Kier molecular flexibility index (Phi) is 3.35. The van der Waals surface area contributed by atoms with Crippen LogP contribution in [0.5, 0.6) is 0 Å². The minimum atomic E-state index is -0.774. The maximum atomic E-state index is 11.4. The van der Waals surface area contributed by atoms with Crippen LogP contribution in [0.3, 0.4) is 0 Å². The summed E-state index contributed by atoms with van der Waals surface area (Å²) in [5.41, 5.74) is 5.17. The standard InChI is InChI=1S/C8H11N3O3S/c1-11-7(13)2-4(8(11)14)10-6(12)3-5(9)15/h4H,2-3H2,1H3,(H2,9,15)(H,10,12). The molecule has 3 amide bonds. The molecule has 7 heteroatoms. The number of likely N-dealkylation sites (N-methyl/N-ethyl adjacent to an activating group) is 1. The summed E-state index contributed by atoms with van der Waals surface area (Å²) in [5, 5.41) is 2.40. The molecule has 1 atom stereocenters. The Balaban J connectivity index is 2.54. The third kappa shape index (κ3) is 2.72. The summed E-state index contributed by atoms with van der Waals surface area (Å²) in [6.07, 6.45) is -0.116. The van der Waals surface area contributed by atoms with Crippen LogP contribution in [0.4, 0.5) is 0 Å². The third-order valence-electron chi connectivity index (χ3n) is 2.05. The molecule has 1 aliphatic heterocycles. The van der Waals surface area contributed by atoms with Crippen LogP contribution in [0.25, 0.3) is 0 Å². The number of nitrogens with two attached hydrogens (primary N) is 1. The van der Waals surface area contributed by atoms with Gasteiger partial charge in [0.1, 0.15) is 6.04 Å². The number of hydrogen-bond donors (Lipinski definition) is 2. The lowest BCUT2D eigenvalue weighted by molar-refractivity contribution is -0.138. The zero-order valence-corrected chi connectivity index (χ0v) is 8.97. The normalized spacial score (nSPS) is 20.6. The first kappa shape index (κ1) is 11.6. The minimum absolute atomic E-state index is 0.00158. The Bertz CT molecular complexity index is 342. The largest absolute Gasteiger partial charge is 0.393 e. The van der Waals surface area contributed by atoms with Crippen molar-refractivity contribution in [2.75, 3.05) is 7.05 Å². The van der Waals surface area contributed by atoms with Gasteiger partial charge >= 0.3 is 0 Å². The summed E-state index contributed by atoms with van der Waals surface area (Å²) in [4.78, 5) is 34.7. The molecule has 0 spiro atoms. The summed E-state index contributed by atoms with van der Waals surface area (Å²) in [6.45, 7) is 0. The lowest BCUT2D eigenvalue weighted by Gasteiger charge is -2.10. The summed E-state index contributed by atoms with van der Waals surface area (Å²) < 4.78 is 0. The molecule has 0 aromatic heterocycles. The highest BCUT2D eigenvalue weighted by atomic mass is 32.1. The van der Waals surface area contributed by atoms with Gasteiger partial charge in [0.05, 0.1) is 17.8 Å². The van der Waals surface area contributed by atoms with Crippen LogP contribution in [-0.4, -0.2) is 40.7 Å². The molecule has 1 rings (SSSR count). The maximum absolute atomic E-state index is 11.4. The predicted molar refractivity (Wildman–Crippen MR) is 55.7 cm³/mol. The quantitative estimate of drug-likeness (QED) is 0.455. The van der Waals surface area contributed by atoms with Crippen LogP contribution in [0.1, 0.15) is 12.8 Å². The van der Waals surface area contributed by atoms with Gasteiger partial charge < -0.3 is 11.1 Å². The second kappa shape index (κ2) is 4.35. The Morgan fingerprint density at radius 2 is 2.27 bits per heavy atom. The monoisotopic (exact) mass is 229 g/mol. The second-order valence-corrected chi connectivity index (χ2v) is 3.78. The highest BCUT2D eigenvalue weighted by Gasteiger charge is 2.36. The van der Waals surface area contributed by atoms with Gasteiger partial charge in [0, 0.05) is 7.05 Å². The number of amides is 3. The number of nitrogens with one attached hydrogen (secondary N) is 1. The van der Waals surface area contributed by atoms with E-state index < -0.39 is 17.9 Å². The van der Waals surface area contributed by atoms with Crippen LogP contribution in [-0.2, 0) is 14.4 Å². The number of nitrogens with zero attached hydrogens (tertiary/aromatic N) is 1. The SMILES string of the molecule is CN1C(=O)CC(NC(=O)CC(N)=S)C1=O. The number of rotatable bonds is 3. The molecule has 1 aliphatic rings. The average Bonchev–Trinajstić information content (AvgIpc) is 2.32. The van der Waals surface area contributed by atoms with Gasteiger partial charge in [-0.15, -0.1) is 0 Å². The van der Waals surface area contributed by atoms with E-state index in [-0.39, 0.29) is 23.7 Å². The third-order valence-corrected chi connectivity index (χ3v) is 2.20. The summed E-state index contributed by atoms with van der Waals surface area (Å²) in [7, 11) is 1.38. The van der Waals surface area contributed by atoms with Gasteiger partial charge in [0.25, 0.3) is 5.91 Å². The van der Waals surface area contributed by atoms with Crippen LogP contribution < -0.4 is 11.1 Å². The molecule has 0 bridgehead atoms. The fourth-order valence-corrected chi connectivity index (χ4v) is 1.40. The van der Waals surface area contributed by atoms with Crippen molar-refractivity contribution in [3.8, 4) is 0 Å². The van der Waals surface area contributed by atoms with E-state index in [1.54, 1.807) is 0 Å². The van der Waals surface area contributed by atoms with Crippen molar-refractivity contribution in [3.63, 3.8) is 0 Å². The summed E-state index contributed by atoms with van der Waals surface area (Å²) >= 11 is 4.54. The molecule has 0 aliphatic carbocycles.